The second kappa shape index (κ2) is 3.35. The molecular weight excluding hydrogens is 226 g/mol. The van der Waals surface area contributed by atoms with Crippen LogP contribution in [0.5, 0.6) is 0 Å². The number of aromatic nitrogens is 2. The predicted molar refractivity (Wildman–Crippen MR) is 65.6 cm³/mol. The molecule has 15 heavy (non-hydrogen) atoms. The Morgan fingerprint density at radius 1 is 1.33 bits per heavy atom. The summed E-state index contributed by atoms with van der Waals surface area (Å²) in [5.41, 5.74) is 8.33. The van der Waals surface area contributed by atoms with Gasteiger partial charge >= 0.3 is 0 Å². The summed E-state index contributed by atoms with van der Waals surface area (Å²) >= 11 is 3.32. The predicted octanol–water partition coefficient (Wildman–Crippen LogP) is 2.48. The zero-order valence-corrected chi connectivity index (χ0v) is 10.0. The Balaban J connectivity index is 2.32. The summed E-state index contributed by atoms with van der Waals surface area (Å²) in [4.78, 5) is 11.5. The second-order valence-electron chi connectivity index (χ2n) is 3.63. The number of nitrogens with zero attached hydrogens (tertiary/aromatic N) is 2. The SMILES string of the molecule is CSc1nc2c3c(sc2nc1N)CCC3. The molecule has 2 aromatic rings. The monoisotopic (exact) mass is 237 g/mol. The molecule has 1 aliphatic rings. The first-order chi connectivity index (χ1) is 7.29. The van der Waals surface area contributed by atoms with Crippen LogP contribution in [0, 0.1) is 0 Å². The Bertz CT molecular complexity index is 533. The van der Waals surface area contributed by atoms with Gasteiger partial charge in [-0.25, -0.2) is 9.97 Å². The number of rotatable bonds is 1. The molecule has 0 amide bonds. The minimum Gasteiger partial charge on any atom is -0.381 e. The van der Waals surface area contributed by atoms with Crippen molar-refractivity contribution in [2.45, 2.75) is 24.3 Å². The van der Waals surface area contributed by atoms with Crippen molar-refractivity contribution in [3.63, 3.8) is 0 Å². The van der Waals surface area contributed by atoms with E-state index in [0.717, 1.165) is 21.8 Å². The Hall–Kier alpha value is -0.810. The fourth-order valence-electron chi connectivity index (χ4n) is 2.03. The van der Waals surface area contributed by atoms with Gasteiger partial charge in [0.05, 0.1) is 0 Å². The molecule has 0 unspecified atom stereocenters. The van der Waals surface area contributed by atoms with Gasteiger partial charge in [-0.3, -0.25) is 0 Å². The number of thiophene rings is 1. The van der Waals surface area contributed by atoms with E-state index in [1.54, 1.807) is 23.1 Å². The lowest BCUT2D eigenvalue weighted by molar-refractivity contribution is 0.915. The maximum Gasteiger partial charge on any atom is 0.157 e. The lowest BCUT2D eigenvalue weighted by Crippen LogP contribution is -1.96. The molecule has 5 heteroatoms. The van der Waals surface area contributed by atoms with Gasteiger partial charge in [-0.2, -0.15) is 0 Å². The first-order valence-electron chi connectivity index (χ1n) is 4.91. The first kappa shape index (κ1) is 9.42. The fourth-order valence-corrected chi connectivity index (χ4v) is 3.68. The maximum atomic E-state index is 5.83. The third-order valence-corrected chi connectivity index (χ3v) is 4.59. The van der Waals surface area contributed by atoms with Gasteiger partial charge in [0, 0.05) is 4.88 Å². The highest BCUT2D eigenvalue weighted by Gasteiger charge is 2.20. The minimum absolute atomic E-state index is 0.565. The molecule has 0 atom stereocenters. The number of aryl methyl sites for hydroxylation is 2. The zero-order chi connectivity index (χ0) is 10.4. The standard InChI is InChI=1S/C10H11N3S2/c1-14-10-8(11)13-9-7(12-10)5-3-2-4-6(5)15-9/h2-4H2,1H3,(H2,11,13). The van der Waals surface area contributed by atoms with E-state index in [1.165, 1.54) is 23.3 Å². The number of hydrogen-bond donors (Lipinski definition) is 1. The Morgan fingerprint density at radius 3 is 3.00 bits per heavy atom. The van der Waals surface area contributed by atoms with Crippen LogP contribution in [0.4, 0.5) is 5.82 Å². The van der Waals surface area contributed by atoms with Crippen molar-refractivity contribution in [1.29, 1.82) is 0 Å². The van der Waals surface area contributed by atoms with Crippen molar-refractivity contribution in [2.75, 3.05) is 12.0 Å². The normalized spacial score (nSPS) is 14.7. The molecule has 0 fully saturated rings. The molecule has 1 aliphatic carbocycles. The van der Waals surface area contributed by atoms with Crippen LogP contribution in [-0.2, 0) is 12.8 Å². The Labute approximate surface area is 96.1 Å². The summed E-state index contributed by atoms with van der Waals surface area (Å²) in [6.45, 7) is 0. The molecule has 0 aromatic carbocycles. The molecule has 0 aliphatic heterocycles. The summed E-state index contributed by atoms with van der Waals surface area (Å²) in [5.74, 6) is 0.565. The van der Waals surface area contributed by atoms with Crippen LogP contribution in [0.3, 0.4) is 0 Å². The third-order valence-electron chi connectivity index (χ3n) is 2.72. The van der Waals surface area contributed by atoms with Crippen LogP contribution in [0.15, 0.2) is 5.03 Å². The van der Waals surface area contributed by atoms with Gasteiger partial charge < -0.3 is 5.73 Å². The van der Waals surface area contributed by atoms with Gasteiger partial charge in [0.2, 0.25) is 0 Å². The van der Waals surface area contributed by atoms with Gasteiger partial charge in [0.1, 0.15) is 15.4 Å². The lowest BCUT2D eigenvalue weighted by atomic mass is 10.2. The van der Waals surface area contributed by atoms with E-state index in [0.29, 0.717) is 5.82 Å². The van der Waals surface area contributed by atoms with Crippen molar-refractivity contribution < 1.29 is 0 Å². The van der Waals surface area contributed by atoms with E-state index in [1.807, 2.05) is 6.26 Å². The summed E-state index contributed by atoms with van der Waals surface area (Å²) < 4.78 is 0. The second-order valence-corrected chi connectivity index (χ2v) is 5.51. The van der Waals surface area contributed by atoms with Crippen LogP contribution >= 0.6 is 23.1 Å². The van der Waals surface area contributed by atoms with E-state index in [4.69, 9.17) is 5.73 Å². The topological polar surface area (TPSA) is 51.8 Å². The van der Waals surface area contributed by atoms with E-state index in [9.17, 15) is 0 Å². The van der Waals surface area contributed by atoms with Crippen LogP contribution in [-0.4, -0.2) is 16.2 Å². The lowest BCUT2D eigenvalue weighted by Gasteiger charge is -2.00. The Morgan fingerprint density at radius 2 is 2.20 bits per heavy atom. The third kappa shape index (κ3) is 1.33. The molecule has 78 valence electrons. The van der Waals surface area contributed by atoms with Gasteiger partial charge in [-0.15, -0.1) is 23.1 Å². The van der Waals surface area contributed by atoms with E-state index < -0.39 is 0 Å². The number of anilines is 1. The van der Waals surface area contributed by atoms with Crippen molar-refractivity contribution in [2.24, 2.45) is 0 Å². The molecule has 0 bridgehead atoms. The van der Waals surface area contributed by atoms with Gasteiger partial charge in [0.15, 0.2) is 5.82 Å². The molecule has 2 heterocycles. The summed E-state index contributed by atoms with van der Waals surface area (Å²) in [6.07, 6.45) is 5.59. The number of nitrogens with two attached hydrogens (primary N) is 1. The average Bonchev–Trinajstić information content (AvgIpc) is 2.76. The Kier molecular flexibility index (Phi) is 2.10. The van der Waals surface area contributed by atoms with Crippen LogP contribution in [0.1, 0.15) is 16.9 Å². The quantitative estimate of drug-likeness (QED) is 0.774. The smallest absolute Gasteiger partial charge is 0.157 e. The number of fused-ring (bicyclic) bond motifs is 3. The largest absolute Gasteiger partial charge is 0.381 e. The molecule has 0 saturated carbocycles. The number of hydrogen-bond acceptors (Lipinski definition) is 5. The van der Waals surface area contributed by atoms with Crippen LogP contribution < -0.4 is 5.73 Å². The summed E-state index contributed by atoms with van der Waals surface area (Å²) in [6, 6.07) is 0. The van der Waals surface area contributed by atoms with Crippen molar-refractivity contribution in [3.8, 4) is 0 Å². The van der Waals surface area contributed by atoms with Crippen molar-refractivity contribution in [3.05, 3.63) is 10.4 Å². The molecule has 3 nitrogen and oxygen atoms in total. The molecule has 0 radical (unpaired) electrons. The van der Waals surface area contributed by atoms with Gasteiger partial charge in [-0.05, 0) is 31.1 Å². The highest BCUT2D eigenvalue weighted by Crippen LogP contribution is 2.37. The average molecular weight is 237 g/mol. The van der Waals surface area contributed by atoms with E-state index in [2.05, 4.69) is 9.97 Å². The van der Waals surface area contributed by atoms with Crippen LogP contribution in [0.25, 0.3) is 10.3 Å². The molecular formula is C10H11N3S2. The van der Waals surface area contributed by atoms with Crippen molar-refractivity contribution in [1.82, 2.24) is 9.97 Å². The van der Waals surface area contributed by atoms with E-state index in [-0.39, 0.29) is 0 Å². The summed E-state index contributed by atoms with van der Waals surface area (Å²) in [5, 5.41) is 0.856. The first-order valence-corrected chi connectivity index (χ1v) is 6.95. The zero-order valence-electron chi connectivity index (χ0n) is 8.41. The minimum atomic E-state index is 0.565. The van der Waals surface area contributed by atoms with Gasteiger partial charge in [-0.1, -0.05) is 0 Å². The fraction of sp³-hybridized carbons (Fsp3) is 0.400. The van der Waals surface area contributed by atoms with Gasteiger partial charge in [0.25, 0.3) is 0 Å². The number of nitrogen functional groups attached to an aromatic ring is 1. The molecule has 2 aromatic heterocycles. The van der Waals surface area contributed by atoms with E-state index >= 15 is 0 Å². The summed E-state index contributed by atoms with van der Waals surface area (Å²) in [7, 11) is 0. The highest BCUT2D eigenvalue weighted by molar-refractivity contribution is 7.98. The maximum absolute atomic E-state index is 5.83. The molecule has 3 rings (SSSR count). The van der Waals surface area contributed by atoms with Crippen molar-refractivity contribution >= 4 is 39.3 Å². The van der Waals surface area contributed by atoms with Crippen LogP contribution in [0.2, 0.25) is 0 Å². The highest BCUT2D eigenvalue weighted by atomic mass is 32.2. The number of thioether (sulfide) groups is 1. The molecule has 2 N–H and O–H groups in total. The molecule has 0 saturated heterocycles. The molecule has 0 spiro atoms.